The molecule has 0 unspecified atom stereocenters. The highest BCUT2D eigenvalue weighted by atomic mass is 35.5. The second kappa shape index (κ2) is 5.80. The number of benzene rings is 1. The zero-order chi connectivity index (χ0) is 15.6. The number of nitro benzene ring substituents is 1. The first-order chi connectivity index (χ1) is 9.88. The van der Waals surface area contributed by atoms with E-state index >= 15 is 0 Å². The van der Waals surface area contributed by atoms with E-state index in [-0.39, 0.29) is 5.82 Å². The first kappa shape index (κ1) is 14.8. The number of halogens is 3. The third-order valence-electron chi connectivity index (χ3n) is 2.43. The first-order valence-electron chi connectivity index (χ1n) is 5.45. The fraction of sp³-hybridized carbons (Fsp3) is 0. The molecule has 0 atom stereocenters. The summed E-state index contributed by atoms with van der Waals surface area (Å²) in [6.07, 6.45) is 1.24. The maximum atomic E-state index is 13.8. The molecule has 6 nitrogen and oxygen atoms in total. The lowest BCUT2D eigenvalue weighted by Gasteiger charge is -2.06. The van der Waals surface area contributed by atoms with Gasteiger partial charge in [0, 0.05) is 6.20 Å². The van der Waals surface area contributed by atoms with Gasteiger partial charge in [0.05, 0.1) is 21.6 Å². The molecule has 0 saturated heterocycles. The molecular formula is C12H6ClF2N3O3. The summed E-state index contributed by atoms with van der Waals surface area (Å²) >= 11 is 5.61. The summed E-state index contributed by atoms with van der Waals surface area (Å²) in [5, 5.41) is 13.1. The van der Waals surface area contributed by atoms with Crippen molar-refractivity contribution in [2.24, 2.45) is 0 Å². The van der Waals surface area contributed by atoms with Crippen molar-refractivity contribution in [3.8, 4) is 0 Å². The van der Waals surface area contributed by atoms with E-state index in [1.54, 1.807) is 0 Å². The summed E-state index contributed by atoms with van der Waals surface area (Å²) in [5.41, 5.74) is -1.91. The van der Waals surface area contributed by atoms with Crippen molar-refractivity contribution in [3.05, 3.63) is 62.8 Å². The number of hydrogen-bond acceptors (Lipinski definition) is 4. The van der Waals surface area contributed by atoms with Crippen molar-refractivity contribution >= 4 is 29.0 Å². The third kappa shape index (κ3) is 3.29. The number of hydrogen-bond donors (Lipinski definition) is 1. The Hall–Kier alpha value is -2.61. The zero-order valence-corrected chi connectivity index (χ0v) is 10.9. The van der Waals surface area contributed by atoms with Gasteiger partial charge < -0.3 is 5.32 Å². The highest BCUT2D eigenvalue weighted by Crippen LogP contribution is 2.23. The number of amides is 1. The van der Waals surface area contributed by atoms with Crippen molar-refractivity contribution in [3.63, 3.8) is 0 Å². The summed E-state index contributed by atoms with van der Waals surface area (Å²) in [5.74, 6) is -3.55. The van der Waals surface area contributed by atoms with Crippen LogP contribution in [0.2, 0.25) is 5.02 Å². The second-order valence-electron chi connectivity index (χ2n) is 3.86. The molecule has 0 aliphatic heterocycles. The molecule has 108 valence electrons. The van der Waals surface area contributed by atoms with Crippen LogP contribution in [0.25, 0.3) is 0 Å². The van der Waals surface area contributed by atoms with Crippen molar-refractivity contribution in [1.82, 2.24) is 4.98 Å². The van der Waals surface area contributed by atoms with Crippen molar-refractivity contribution in [2.75, 3.05) is 5.32 Å². The van der Waals surface area contributed by atoms with E-state index in [0.29, 0.717) is 17.2 Å². The van der Waals surface area contributed by atoms with Gasteiger partial charge in [0.15, 0.2) is 0 Å². The number of aromatic nitrogens is 1. The van der Waals surface area contributed by atoms with Crippen LogP contribution < -0.4 is 5.32 Å². The Morgan fingerprint density at radius 2 is 2.05 bits per heavy atom. The van der Waals surface area contributed by atoms with Crippen LogP contribution in [0.1, 0.15) is 10.4 Å². The second-order valence-corrected chi connectivity index (χ2v) is 4.30. The van der Waals surface area contributed by atoms with Crippen LogP contribution >= 0.6 is 11.6 Å². The Kier molecular flexibility index (Phi) is 4.08. The van der Waals surface area contributed by atoms with Gasteiger partial charge >= 0.3 is 5.69 Å². The van der Waals surface area contributed by atoms with E-state index in [4.69, 9.17) is 11.6 Å². The number of carbonyl (C=O) groups excluding carboxylic acids is 1. The monoisotopic (exact) mass is 313 g/mol. The lowest BCUT2D eigenvalue weighted by molar-refractivity contribution is -0.387. The lowest BCUT2D eigenvalue weighted by atomic mass is 10.1. The number of rotatable bonds is 3. The number of nitrogens with one attached hydrogen (secondary N) is 1. The standard InChI is InChI=1S/C12H6ClF2N3O3/c13-6-1-2-10(16-5-6)17-12(19)8-3-7(14)4-9(11(8)15)18(20)21/h1-5H,(H,16,17,19). The van der Waals surface area contributed by atoms with Crippen LogP contribution in [-0.4, -0.2) is 15.8 Å². The quantitative estimate of drug-likeness (QED) is 0.696. The molecule has 0 radical (unpaired) electrons. The number of nitro groups is 1. The highest BCUT2D eigenvalue weighted by Gasteiger charge is 2.24. The molecule has 0 aliphatic rings. The first-order valence-corrected chi connectivity index (χ1v) is 5.82. The van der Waals surface area contributed by atoms with Crippen LogP contribution in [-0.2, 0) is 0 Å². The van der Waals surface area contributed by atoms with Crippen molar-refractivity contribution in [1.29, 1.82) is 0 Å². The fourth-order valence-corrected chi connectivity index (χ4v) is 1.62. The minimum Gasteiger partial charge on any atom is -0.306 e. The Labute approximate surface area is 121 Å². The molecular weight excluding hydrogens is 308 g/mol. The normalized spacial score (nSPS) is 10.2. The van der Waals surface area contributed by atoms with Gasteiger partial charge in [-0.2, -0.15) is 4.39 Å². The minimum absolute atomic E-state index is 0.0377. The molecule has 1 aromatic carbocycles. The number of anilines is 1. The van der Waals surface area contributed by atoms with E-state index in [0.717, 1.165) is 0 Å². The Morgan fingerprint density at radius 1 is 1.33 bits per heavy atom. The van der Waals surface area contributed by atoms with E-state index in [2.05, 4.69) is 10.3 Å². The molecule has 0 aliphatic carbocycles. The predicted molar refractivity (Wildman–Crippen MR) is 70.2 cm³/mol. The van der Waals surface area contributed by atoms with E-state index in [9.17, 15) is 23.7 Å². The lowest BCUT2D eigenvalue weighted by Crippen LogP contribution is -2.16. The topological polar surface area (TPSA) is 85.1 Å². The van der Waals surface area contributed by atoms with Gasteiger partial charge in [-0.25, -0.2) is 9.37 Å². The molecule has 1 N–H and O–H groups in total. The largest absolute Gasteiger partial charge is 0.308 e. The summed E-state index contributed by atoms with van der Waals surface area (Å²) in [6.45, 7) is 0. The summed E-state index contributed by atoms with van der Waals surface area (Å²) in [6, 6.07) is 3.72. The van der Waals surface area contributed by atoms with Crippen LogP contribution in [0.15, 0.2) is 30.5 Å². The Balaban J connectivity index is 2.35. The maximum Gasteiger partial charge on any atom is 0.308 e. The van der Waals surface area contributed by atoms with Crippen molar-refractivity contribution < 1.29 is 18.5 Å². The van der Waals surface area contributed by atoms with Gasteiger partial charge in [-0.15, -0.1) is 0 Å². The predicted octanol–water partition coefficient (Wildman–Crippen LogP) is 3.17. The van der Waals surface area contributed by atoms with Crippen LogP contribution in [0.4, 0.5) is 20.3 Å². The number of nitrogens with zero attached hydrogens (tertiary/aromatic N) is 2. The molecule has 9 heteroatoms. The van der Waals surface area contributed by atoms with E-state index in [1.807, 2.05) is 0 Å². The van der Waals surface area contributed by atoms with Crippen LogP contribution in [0.5, 0.6) is 0 Å². The van der Waals surface area contributed by atoms with Gasteiger partial charge in [-0.05, 0) is 18.2 Å². The summed E-state index contributed by atoms with van der Waals surface area (Å²) in [4.78, 5) is 25.0. The molecule has 21 heavy (non-hydrogen) atoms. The molecule has 0 fully saturated rings. The van der Waals surface area contributed by atoms with Crippen molar-refractivity contribution in [2.45, 2.75) is 0 Å². The van der Waals surface area contributed by atoms with Gasteiger partial charge in [0.25, 0.3) is 5.91 Å². The summed E-state index contributed by atoms with van der Waals surface area (Å²) < 4.78 is 27.0. The van der Waals surface area contributed by atoms with Gasteiger partial charge in [0.1, 0.15) is 11.6 Å². The Bertz CT molecular complexity index is 722. The molecule has 1 heterocycles. The minimum atomic E-state index is -1.42. The Morgan fingerprint density at radius 3 is 2.62 bits per heavy atom. The van der Waals surface area contributed by atoms with Gasteiger partial charge in [-0.1, -0.05) is 11.6 Å². The SMILES string of the molecule is O=C(Nc1ccc(Cl)cn1)c1cc(F)cc([N+](=O)[O-])c1F. The zero-order valence-electron chi connectivity index (χ0n) is 10.1. The molecule has 2 rings (SSSR count). The molecule has 0 saturated carbocycles. The average Bonchev–Trinajstić information content (AvgIpc) is 2.43. The molecule has 1 aromatic heterocycles. The molecule has 0 bridgehead atoms. The number of pyridine rings is 1. The molecule has 2 aromatic rings. The van der Waals surface area contributed by atoms with E-state index < -0.39 is 33.7 Å². The summed E-state index contributed by atoms with van der Waals surface area (Å²) in [7, 11) is 0. The van der Waals surface area contributed by atoms with Crippen LogP contribution in [0, 0.1) is 21.7 Å². The highest BCUT2D eigenvalue weighted by molar-refractivity contribution is 6.30. The van der Waals surface area contributed by atoms with Gasteiger partial charge in [-0.3, -0.25) is 14.9 Å². The molecule has 1 amide bonds. The fourth-order valence-electron chi connectivity index (χ4n) is 1.51. The van der Waals surface area contributed by atoms with Gasteiger partial charge in [0.2, 0.25) is 5.82 Å². The number of carbonyl (C=O) groups is 1. The van der Waals surface area contributed by atoms with E-state index in [1.165, 1.54) is 18.3 Å². The van der Waals surface area contributed by atoms with Crippen LogP contribution in [0.3, 0.4) is 0 Å². The third-order valence-corrected chi connectivity index (χ3v) is 2.65. The molecule has 0 spiro atoms. The smallest absolute Gasteiger partial charge is 0.306 e. The maximum absolute atomic E-state index is 13.8. The average molecular weight is 314 g/mol.